The van der Waals surface area contributed by atoms with Crippen LogP contribution < -0.4 is 0 Å². The molecule has 1 N–H and O–H groups in total. The lowest BCUT2D eigenvalue weighted by Crippen LogP contribution is -2.05. The Morgan fingerprint density at radius 1 is 0.659 bits per heavy atom. The number of allylic oxidation sites excluding steroid dienone is 1. The van der Waals surface area contributed by atoms with Crippen molar-refractivity contribution in [2.45, 2.75) is 64.7 Å². The molecule has 2 nitrogen and oxygen atoms in total. The highest BCUT2D eigenvalue weighted by Gasteiger charge is 2.27. The minimum Gasteiger partial charge on any atom is -0.354 e. The second kappa shape index (κ2) is 13.1. The van der Waals surface area contributed by atoms with E-state index < -0.39 is 0 Å². The number of aromatic amines is 1. The van der Waals surface area contributed by atoms with Crippen molar-refractivity contribution < 1.29 is 0 Å². The van der Waals surface area contributed by atoms with E-state index in [1.807, 2.05) is 0 Å². The number of benzene rings is 4. The van der Waals surface area contributed by atoms with E-state index in [1.165, 1.54) is 102 Å². The maximum absolute atomic E-state index is 5.49. The fourth-order valence-electron chi connectivity index (χ4n) is 7.17. The van der Waals surface area contributed by atoms with Gasteiger partial charge in [0.1, 0.15) is 0 Å². The predicted octanol–water partition coefficient (Wildman–Crippen LogP) is 11.5. The Morgan fingerprint density at radius 3 is 2.05 bits per heavy atom. The number of rotatable bonds is 9. The molecule has 0 spiro atoms. The van der Waals surface area contributed by atoms with E-state index in [9.17, 15) is 0 Å². The zero-order valence-corrected chi connectivity index (χ0v) is 25.9. The zero-order chi connectivity index (χ0) is 29.7. The van der Waals surface area contributed by atoms with Crippen molar-refractivity contribution in [1.82, 2.24) is 4.98 Å². The van der Waals surface area contributed by atoms with Crippen LogP contribution in [-0.4, -0.2) is 10.7 Å². The van der Waals surface area contributed by atoms with Crippen molar-refractivity contribution in [3.05, 3.63) is 143 Å². The molecule has 0 radical (unpaired) electrons. The molecule has 0 bridgehead atoms. The zero-order valence-electron chi connectivity index (χ0n) is 25.9. The van der Waals surface area contributed by atoms with Crippen LogP contribution in [0, 0.1) is 12.8 Å². The third kappa shape index (κ3) is 5.99. The van der Waals surface area contributed by atoms with Gasteiger partial charge in [0.25, 0.3) is 0 Å². The normalized spacial score (nSPS) is 16.1. The summed E-state index contributed by atoms with van der Waals surface area (Å²) in [4.78, 5) is 9.42. The Bertz CT molecular complexity index is 1770. The number of aryl methyl sites for hydroxylation is 1. The molecule has 1 fully saturated rings. The van der Waals surface area contributed by atoms with Crippen LogP contribution in [0.1, 0.15) is 85.7 Å². The SMILES string of the molecule is Cc1ccc(C2=NC(=C(CCCCC3CCCCC3)c3[nH]c(-c4ccccc4)cc3-c3ccccc3)c3ccccc32)cc1. The van der Waals surface area contributed by atoms with Crippen LogP contribution in [0.15, 0.2) is 120 Å². The maximum atomic E-state index is 5.49. The van der Waals surface area contributed by atoms with Crippen molar-refractivity contribution in [2.75, 3.05) is 0 Å². The van der Waals surface area contributed by atoms with E-state index in [1.54, 1.807) is 0 Å². The number of hydrogen-bond donors (Lipinski definition) is 1. The van der Waals surface area contributed by atoms with Gasteiger partial charge in [-0.1, -0.05) is 160 Å². The molecule has 220 valence electrons. The lowest BCUT2D eigenvalue weighted by atomic mass is 9.85. The second-order valence-corrected chi connectivity index (χ2v) is 12.7. The van der Waals surface area contributed by atoms with E-state index >= 15 is 0 Å². The third-order valence-electron chi connectivity index (χ3n) is 9.57. The highest BCUT2D eigenvalue weighted by atomic mass is 14.8. The number of nitrogens with zero attached hydrogens (tertiary/aromatic N) is 1. The lowest BCUT2D eigenvalue weighted by molar-refractivity contribution is 0.330. The Labute approximate surface area is 262 Å². The molecule has 1 saturated carbocycles. The van der Waals surface area contributed by atoms with Gasteiger partial charge >= 0.3 is 0 Å². The Balaban J connectivity index is 1.37. The summed E-state index contributed by atoms with van der Waals surface area (Å²) in [6.07, 6.45) is 11.9. The molecule has 0 unspecified atom stereocenters. The predicted molar refractivity (Wildman–Crippen MR) is 187 cm³/mol. The summed E-state index contributed by atoms with van der Waals surface area (Å²) in [5.41, 5.74) is 14.4. The molecule has 2 heteroatoms. The largest absolute Gasteiger partial charge is 0.354 e. The molecular formula is C42H42N2. The van der Waals surface area contributed by atoms with Crippen molar-refractivity contribution in [2.24, 2.45) is 10.9 Å². The molecule has 2 aliphatic rings. The molecule has 2 heterocycles. The quantitative estimate of drug-likeness (QED) is 0.170. The monoisotopic (exact) mass is 574 g/mol. The number of unbranched alkanes of at least 4 members (excludes halogenated alkanes) is 1. The van der Waals surface area contributed by atoms with Crippen LogP contribution in [0.4, 0.5) is 0 Å². The molecule has 0 atom stereocenters. The first-order valence-electron chi connectivity index (χ1n) is 16.6. The van der Waals surface area contributed by atoms with E-state index in [0.29, 0.717) is 0 Å². The minimum atomic E-state index is 0.910. The number of H-pyrrole nitrogens is 1. The average molecular weight is 575 g/mol. The number of fused-ring (bicyclic) bond motifs is 1. The Morgan fingerprint density at radius 2 is 1.32 bits per heavy atom. The van der Waals surface area contributed by atoms with Gasteiger partial charge in [-0.2, -0.15) is 0 Å². The van der Waals surface area contributed by atoms with Gasteiger partial charge in [0.15, 0.2) is 0 Å². The summed E-state index contributed by atoms with van der Waals surface area (Å²) in [5, 5.41) is 0. The standard InChI is InChI=1S/C42H42N2/c1-30-25-27-34(28-26-30)40-35-22-13-14-23-36(35)41(44-40)37(24-12-11-17-31-15-5-2-6-16-31)42-38(32-18-7-3-8-19-32)29-39(43-42)33-20-9-4-10-21-33/h3-4,7-10,13-14,18-23,25-29,31,43H,2,5-6,11-12,15-17,24H2,1H3. The molecule has 0 saturated heterocycles. The van der Waals surface area contributed by atoms with Crippen molar-refractivity contribution in [3.8, 4) is 22.4 Å². The van der Waals surface area contributed by atoms with Gasteiger partial charge in [0.05, 0.1) is 17.1 Å². The molecule has 1 aliphatic carbocycles. The summed E-state index contributed by atoms with van der Waals surface area (Å²) in [6.45, 7) is 2.14. The van der Waals surface area contributed by atoms with Crippen LogP contribution in [0.25, 0.3) is 33.7 Å². The smallest absolute Gasteiger partial charge is 0.0788 e. The number of hydrogen-bond acceptors (Lipinski definition) is 1. The topological polar surface area (TPSA) is 28.1 Å². The van der Waals surface area contributed by atoms with Crippen LogP contribution in [0.2, 0.25) is 0 Å². The molecule has 7 rings (SSSR count). The maximum Gasteiger partial charge on any atom is 0.0788 e. The summed E-state index contributed by atoms with van der Waals surface area (Å²) in [7, 11) is 0. The van der Waals surface area contributed by atoms with Gasteiger partial charge in [-0.25, -0.2) is 4.99 Å². The van der Waals surface area contributed by atoms with Gasteiger partial charge < -0.3 is 4.98 Å². The summed E-state index contributed by atoms with van der Waals surface area (Å²) < 4.78 is 0. The van der Waals surface area contributed by atoms with Gasteiger partial charge in [0.2, 0.25) is 0 Å². The summed E-state index contributed by atoms with van der Waals surface area (Å²) in [6, 6.07) is 41.5. The molecule has 5 aromatic rings. The Kier molecular flexibility index (Phi) is 8.41. The van der Waals surface area contributed by atoms with E-state index in [0.717, 1.165) is 29.4 Å². The lowest BCUT2D eigenvalue weighted by Gasteiger charge is -2.21. The molecule has 44 heavy (non-hydrogen) atoms. The van der Waals surface area contributed by atoms with Gasteiger partial charge in [-0.15, -0.1) is 0 Å². The molecule has 1 aliphatic heterocycles. The molecule has 1 aromatic heterocycles. The Hall–Kier alpha value is -4.43. The highest BCUT2D eigenvalue weighted by molar-refractivity contribution is 6.22. The fraction of sp³-hybridized carbons (Fsp3) is 0.262. The minimum absolute atomic E-state index is 0.910. The van der Waals surface area contributed by atoms with Crippen LogP contribution in [0.5, 0.6) is 0 Å². The first-order valence-corrected chi connectivity index (χ1v) is 16.6. The summed E-state index contributed by atoms with van der Waals surface area (Å²) in [5.74, 6) is 0.910. The van der Waals surface area contributed by atoms with E-state index in [4.69, 9.17) is 4.99 Å². The number of nitrogens with one attached hydrogen (secondary N) is 1. The van der Waals surface area contributed by atoms with E-state index in [2.05, 4.69) is 127 Å². The van der Waals surface area contributed by atoms with Crippen LogP contribution >= 0.6 is 0 Å². The van der Waals surface area contributed by atoms with Gasteiger partial charge in [-0.05, 0) is 42.9 Å². The first kappa shape index (κ1) is 28.3. The van der Waals surface area contributed by atoms with Crippen molar-refractivity contribution in [1.29, 1.82) is 0 Å². The number of aromatic nitrogens is 1. The van der Waals surface area contributed by atoms with Gasteiger partial charge in [0, 0.05) is 33.5 Å². The van der Waals surface area contributed by atoms with Crippen molar-refractivity contribution in [3.63, 3.8) is 0 Å². The average Bonchev–Trinajstić information content (AvgIpc) is 3.70. The highest BCUT2D eigenvalue weighted by Crippen LogP contribution is 2.43. The van der Waals surface area contributed by atoms with Crippen molar-refractivity contribution >= 4 is 17.0 Å². The second-order valence-electron chi connectivity index (χ2n) is 12.7. The van der Waals surface area contributed by atoms with Crippen LogP contribution in [0.3, 0.4) is 0 Å². The molecule has 4 aromatic carbocycles. The molecular weight excluding hydrogens is 532 g/mol. The summed E-state index contributed by atoms with van der Waals surface area (Å²) >= 11 is 0. The van der Waals surface area contributed by atoms with Gasteiger partial charge in [-0.3, -0.25) is 0 Å². The third-order valence-corrected chi connectivity index (χ3v) is 9.57. The van der Waals surface area contributed by atoms with E-state index in [-0.39, 0.29) is 0 Å². The fourth-order valence-corrected chi connectivity index (χ4v) is 7.17. The first-order chi connectivity index (χ1) is 21.7. The molecule has 0 amide bonds. The van der Waals surface area contributed by atoms with Crippen LogP contribution in [-0.2, 0) is 0 Å². The number of aliphatic imine (C=N–C) groups is 1.